The molecular weight excluding hydrogens is 326 g/mol. The summed E-state index contributed by atoms with van der Waals surface area (Å²) in [6, 6.07) is 10.7. The Morgan fingerprint density at radius 1 is 1.15 bits per heavy atom. The maximum absolute atomic E-state index is 12.2. The van der Waals surface area contributed by atoms with E-state index in [1.165, 1.54) is 25.7 Å². The highest BCUT2D eigenvalue weighted by atomic mass is 16.5. The van der Waals surface area contributed by atoms with E-state index in [0.717, 1.165) is 24.4 Å². The number of nitrogens with one attached hydrogen (secondary N) is 2. The number of carbonyl (C=O) groups excluding carboxylic acids is 1. The van der Waals surface area contributed by atoms with Crippen LogP contribution in [-0.4, -0.2) is 24.5 Å². The lowest BCUT2D eigenvalue weighted by molar-refractivity contribution is 0.102. The molecule has 0 saturated carbocycles. The summed E-state index contributed by atoms with van der Waals surface area (Å²) in [5.41, 5.74) is 3.08. The van der Waals surface area contributed by atoms with Gasteiger partial charge in [-0.15, -0.1) is 0 Å². The van der Waals surface area contributed by atoms with Crippen LogP contribution < -0.4 is 15.4 Å². The molecule has 2 N–H and O–H groups in total. The zero-order valence-corrected chi connectivity index (χ0v) is 15.1. The first-order chi connectivity index (χ1) is 12.7. The lowest BCUT2D eigenvalue weighted by Gasteiger charge is -2.13. The van der Waals surface area contributed by atoms with Crippen molar-refractivity contribution in [3.05, 3.63) is 59.8 Å². The van der Waals surface area contributed by atoms with Crippen LogP contribution in [0.2, 0.25) is 0 Å². The zero-order valence-electron chi connectivity index (χ0n) is 15.1. The number of hydrogen-bond acceptors (Lipinski definition) is 4. The van der Waals surface area contributed by atoms with Crippen molar-refractivity contribution < 1.29 is 9.53 Å². The first-order valence-corrected chi connectivity index (χ1v) is 9.08. The molecule has 2 aromatic rings. The van der Waals surface area contributed by atoms with Gasteiger partial charge in [0, 0.05) is 12.1 Å². The minimum absolute atomic E-state index is 0.190. The SMILES string of the molecule is COc1ccc(C(=O)Nc2ccc(NCCC3=CCCCC3)cn2)cc1. The molecule has 5 heteroatoms. The van der Waals surface area contributed by atoms with Crippen LogP contribution in [0.15, 0.2) is 54.2 Å². The van der Waals surface area contributed by atoms with Gasteiger partial charge >= 0.3 is 0 Å². The van der Waals surface area contributed by atoms with Gasteiger partial charge in [-0.05, 0) is 68.5 Å². The summed E-state index contributed by atoms with van der Waals surface area (Å²) in [5, 5.41) is 6.19. The Bertz CT molecular complexity index is 752. The summed E-state index contributed by atoms with van der Waals surface area (Å²) >= 11 is 0. The standard InChI is InChI=1S/C21H25N3O2/c1-26-19-10-7-17(8-11-19)21(25)24-20-12-9-18(15-23-20)22-14-13-16-5-3-2-4-6-16/h5,7-12,15,22H,2-4,6,13-14H2,1H3,(H,23,24,25). The summed E-state index contributed by atoms with van der Waals surface area (Å²) in [6.07, 6.45) is 10.3. The van der Waals surface area contributed by atoms with Crippen molar-refractivity contribution in [2.24, 2.45) is 0 Å². The maximum atomic E-state index is 12.2. The largest absolute Gasteiger partial charge is 0.497 e. The quantitative estimate of drug-likeness (QED) is 0.713. The lowest BCUT2D eigenvalue weighted by Crippen LogP contribution is -2.13. The number of hydrogen-bond donors (Lipinski definition) is 2. The van der Waals surface area contributed by atoms with Gasteiger partial charge in [-0.2, -0.15) is 0 Å². The van der Waals surface area contributed by atoms with Crippen LogP contribution in [-0.2, 0) is 0 Å². The highest BCUT2D eigenvalue weighted by molar-refractivity contribution is 6.03. The van der Waals surface area contributed by atoms with Crippen molar-refractivity contribution in [1.82, 2.24) is 4.98 Å². The second-order valence-corrected chi connectivity index (χ2v) is 6.40. The minimum Gasteiger partial charge on any atom is -0.497 e. The van der Waals surface area contributed by atoms with Crippen molar-refractivity contribution in [2.75, 3.05) is 24.3 Å². The van der Waals surface area contributed by atoms with Gasteiger partial charge in [-0.1, -0.05) is 11.6 Å². The van der Waals surface area contributed by atoms with Crippen molar-refractivity contribution >= 4 is 17.4 Å². The van der Waals surface area contributed by atoms with Crippen LogP contribution in [0.4, 0.5) is 11.5 Å². The number of anilines is 2. The molecule has 1 amide bonds. The van der Waals surface area contributed by atoms with Gasteiger partial charge in [0.2, 0.25) is 0 Å². The Hall–Kier alpha value is -2.82. The molecule has 0 radical (unpaired) electrons. The van der Waals surface area contributed by atoms with E-state index >= 15 is 0 Å². The molecule has 1 aromatic heterocycles. The Kier molecular flexibility index (Phi) is 6.25. The van der Waals surface area contributed by atoms with E-state index in [0.29, 0.717) is 11.4 Å². The molecule has 0 unspecified atom stereocenters. The van der Waals surface area contributed by atoms with Crippen LogP contribution in [0, 0.1) is 0 Å². The number of ether oxygens (including phenoxy) is 1. The number of carbonyl (C=O) groups is 1. The fourth-order valence-electron chi connectivity index (χ4n) is 3.00. The van der Waals surface area contributed by atoms with E-state index in [1.807, 2.05) is 12.1 Å². The molecule has 0 bridgehead atoms. The zero-order chi connectivity index (χ0) is 18.2. The van der Waals surface area contributed by atoms with Crippen LogP contribution in [0.25, 0.3) is 0 Å². The Balaban J connectivity index is 1.48. The minimum atomic E-state index is -0.190. The van der Waals surface area contributed by atoms with Crippen molar-refractivity contribution in [3.63, 3.8) is 0 Å². The molecule has 26 heavy (non-hydrogen) atoms. The van der Waals surface area contributed by atoms with Gasteiger partial charge < -0.3 is 15.4 Å². The van der Waals surface area contributed by atoms with Gasteiger partial charge in [0.1, 0.15) is 11.6 Å². The van der Waals surface area contributed by atoms with E-state index in [-0.39, 0.29) is 5.91 Å². The number of methoxy groups -OCH3 is 1. The average Bonchev–Trinajstić information content (AvgIpc) is 2.70. The second kappa shape index (κ2) is 9.04. The molecule has 1 aliphatic carbocycles. The lowest BCUT2D eigenvalue weighted by atomic mass is 9.97. The molecule has 0 saturated heterocycles. The predicted octanol–water partition coefficient (Wildman–Crippen LogP) is 4.64. The first-order valence-electron chi connectivity index (χ1n) is 9.08. The highest BCUT2D eigenvalue weighted by Gasteiger charge is 2.07. The topological polar surface area (TPSA) is 63.2 Å². The number of pyridine rings is 1. The van der Waals surface area contributed by atoms with E-state index in [9.17, 15) is 4.79 Å². The third-order valence-corrected chi connectivity index (χ3v) is 4.52. The molecule has 3 rings (SSSR count). The summed E-state index contributed by atoms with van der Waals surface area (Å²) in [5.74, 6) is 1.07. The molecule has 136 valence electrons. The van der Waals surface area contributed by atoms with E-state index < -0.39 is 0 Å². The molecular formula is C21H25N3O2. The van der Waals surface area contributed by atoms with E-state index in [1.54, 1.807) is 43.1 Å². The van der Waals surface area contributed by atoms with Gasteiger partial charge in [-0.25, -0.2) is 4.98 Å². The molecule has 5 nitrogen and oxygen atoms in total. The normalized spacial score (nSPS) is 13.7. The summed E-state index contributed by atoms with van der Waals surface area (Å²) < 4.78 is 5.10. The third-order valence-electron chi connectivity index (χ3n) is 4.52. The van der Waals surface area contributed by atoms with Crippen molar-refractivity contribution in [1.29, 1.82) is 0 Å². The van der Waals surface area contributed by atoms with Gasteiger partial charge in [0.25, 0.3) is 5.91 Å². The van der Waals surface area contributed by atoms with Gasteiger partial charge in [-0.3, -0.25) is 4.79 Å². The molecule has 1 aliphatic rings. The molecule has 0 fully saturated rings. The number of benzene rings is 1. The molecule has 0 atom stereocenters. The van der Waals surface area contributed by atoms with Crippen LogP contribution >= 0.6 is 0 Å². The molecule has 1 aromatic carbocycles. The van der Waals surface area contributed by atoms with Gasteiger partial charge in [0.05, 0.1) is 19.0 Å². The number of allylic oxidation sites excluding steroid dienone is 1. The number of amides is 1. The van der Waals surface area contributed by atoms with Crippen molar-refractivity contribution in [2.45, 2.75) is 32.1 Å². The summed E-state index contributed by atoms with van der Waals surface area (Å²) in [7, 11) is 1.60. The number of aromatic nitrogens is 1. The fourth-order valence-corrected chi connectivity index (χ4v) is 3.00. The van der Waals surface area contributed by atoms with Gasteiger partial charge in [0.15, 0.2) is 0 Å². The van der Waals surface area contributed by atoms with E-state index in [2.05, 4.69) is 21.7 Å². The Labute approximate surface area is 154 Å². The smallest absolute Gasteiger partial charge is 0.256 e. The average molecular weight is 351 g/mol. The highest BCUT2D eigenvalue weighted by Crippen LogP contribution is 2.20. The van der Waals surface area contributed by atoms with E-state index in [4.69, 9.17) is 4.74 Å². The monoisotopic (exact) mass is 351 g/mol. The van der Waals surface area contributed by atoms with Crippen molar-refractivity contribution in [3.8, 4) is 5.75 Å². The van der Waals surface area contributed by atoms with Crippen LogP contribution in [0.3, 0.4) is 0 Å². The van der Waals surface area contributed by atoms with Crippen LogP contribution in [0.1, 0.15) is 42.5 Å². The third kappa shape index (κ3) is 5.09. The molecule has 0 spiro atoms. The Morgan fingerprint density at radius 2 is 2.00 bits per heavy atom. The molecule has 0 aliphatic heterocycles. The predicted molar refractivity (Wildman–Crippen MR) is 105 cm³/mol. The Morgan fingerprint density at radius 3 is 2.65 bits per heavy atom. The second-order valence-electron chi connectivity index (χ2n) is 6.40. The molecule has 1 heterocycles. The first kappa shape index (κ1) is 18.0. The fraction of sp³-hybridized carbons (Fsp3) is 0.333. The number of nitrogens with zero attached hydrogens (tertiary/aromatic N) is 1. The summed E-state index contributed by atoms with van der Waals surface area (Å²) in [6.45, 7) is 0.908. The maximum Gasteiger partial charge on any atom is 0.256 e. The summed E-state index contributed by atoms with van der Waals surface area (Å²) in [4.78, 5) is 16.5. The van der Waals surface area contributed by atoms with Crippen LogP contribution in [0.5, 0.6) is 5.75 Å². The number of rotatable bonds is 7.